The van der Waals surface area contributed by atoms with Gasteiger partial charge in [0.1, 0.15) is 5.82 Å². The summed E-state index contributed by atoms with van der Waals surface area (Å²) in [5.41, 5.74) is 5.74. The molecule has 2 atom stereocenters. The number of nitrogens with zero attached hydrogens (tertiary/aromatic N) is 1. The molecule has 5 heteroatoms. The lowest BCUT2D eigenvalue weighted by atomic mass is 9.88. The Bertz CT molecular complexity index is 475. The maximum Gasteiger partial charge on any atom is 0.258 e. The summed E-state index contributed by atoms with van der Waals surface area (Å²) in [5, 5.41) is 0.156. The molecule has 2 N–H and O–H groups in total. The van der Waals surface area contributed by atoms with Crippen molar-refractivity contribution < 1.29 is 9.18 Å². The summed E-state index contributed by atoms with van der Waals surface area (Å²) in [6.07, 6.45) is 2.90. The predicted octanol–water partition coefficient (Wildman–Crippen LogP) is 3.07. The van der Waals surface area contributed by atoms with Crippen LogP contribution in [0.15, 0.2) is 18.2 Å². The SMILES string of the molecule is CCC1CCN(C(=O)c2c(F)cccc2Cl)C(CN)C1. The maximum absolute atomic E-state index is 13.9. The number of rotatable bonds is 3. The summed E-state index contributed by atoms with van der Waals surface area (Å²) in [6.45, 7) is 3.15. The van der Waals surface area contributed by atoms with E-state index in [4.69, 9.17) is 17.3 Å². The fourth-order valence-corrected chi connectivity index (χ4v) is 3.09. The second-order valence-corrected chi connectivity index (χ2v) is 5.69. The van der Waals surface area contributed by atoms with Crippen LogP contribution in [0, 0.1) is 11.7 Å². The molecular formula is C15H20ClFN2O. The topological polar surface area (TPSA) is 46.3 Å². The third-order valence-corrected chi connectivity index (χ3v) is 4.43. The number of benzene rings is 1. The van der Waals surface area contributed by atoms with Gasteiger partial charge in [0, 0.05) is 19.1 Å². The first-order valence-electron chi connectivity index (χ1n) is 7.03. The molecule has 0 aliphatic carbocycles. The van der Waals surface area contributed by atoms with Gasteiger partial charge < -0.3 is 10.6 Å². The Kier molecular flexibility index (Phi) is 5.00. The average molecular weight is 299 g/mol. The van der Waals surface area contributed by atoms with Crippen LogP contribution in [0.3, 0.4) is 0 Å². The first-order valence-corrected chi connectivity index (χ1v) is 7.41. The van der Waals surface area contributed by atoms with E-state index < -0.39 is 5.82 Å². The molecule has 20 heavy (non-hydrogen) atoms. The van der Waals surface area contributed by atoms with Gasteiger partial charge in [0.2, 0.25) is 0 Å². The largest absolute Gasteiger partial charge is 0.334 e. The lowest BCUT2D eigenvalue weighted by Gasteiger charge is -2.39. The van der Waals surface area contributed by atoms with E-state index in [9.17, 15) is 9.18 Å². The monoisotopic (exact) mass is 298 g/mol. The van der Waals surface area contributed by atoms with E-state index in [1.807, 2.05) is 0 Å². The Hall–Kier alpha value is -1.13. The molecule has 1 aliphatic heterocycles. The number of hydrogen-bond donors (Lipinski definition) is 1. The molecule has 2 rings (SSSR count). The third kappa shape index (κ3) is 2.96. The number of hydrogen-bond acceptors (Lipinski definition) is 2. The molecule has 2 unspecified atom stereocenters. The number of likely N-dealkylation sites (tertiary alicyclic amines) is 1. The number of amides is 1. The van der Waals surface area contributed by atoms with E-state index >= 15 is 0 Å². The molecule has 1 heterocycles. The molecule has 1 aromatic carbocycles. The van der Waals surface area contributed by atoms with Crippen molar-refractivity contribution in [3.05, 3.63) is 34.6 Å². The quantitative estimate of drug-likeness (QED) is 0.932. The smallest absolute Gasteiger partial charge is 0.258 e. The maximum atomic E-state index is 13.9. The Labute approximate surface area is 123 Å². The summed E-state index contributed by atoms with van der Waals surface area (Å²) in [4.78, 5) is 14.2. The van der Waals surface area contributed by atoms with Gasteiger partial charge in [-0.2, -0.15) is 0 Å². The predicted molar refractivity (Wildman–Crippen MR) is 78.3 cm³/mol. The van der Waals surface area contributed by atoms with Crippen molar-refractivity contribution in [2.45, 2.75) is 32.2 Å². The van der Waals surface area contributed by atoms with Gasteiger partial charge in [-0.3, -0.25) is 4.79 Å². The first kappa shape index (κ1) is 15.3. The number of piperidine rings is 1. The molecule has 1 fully saturated rings. The van der Waals surface area contributed by atoms with E-state index in [1.165, 1.54) is 18.2 Å². The highest BCUT2D eigenvalue weighted by Gasteiger charge is 2.32. The van der Waals surface area contributed by atoms with Crippen LogP contribution >= 0.6 is 11.6 Å². The van der Waals surface area contributed by atoms with Crippen molar-refractivity contribution in [2.75, 3.05) is 13.1 Å². The number of halogens is 2. The molecule has 0 aromatic heterocycles. The van der Waals surface area contributed by atoms with Gasteiger partial charge in [-0.25, -0.2) is 4.39 Å². The van der Waals surface area contributed by atoms with Gasteiger partial charge >= 0.3 is 0 Å². The molecule has 1 amide bonds. The zero-order valence-corrected chi connectivity index (χ0v) is 12.4. The Morgan fingerprint density at radius 2 is 2.30 bits per heavy atom. The lowest BCUT2D eigenvalue weighted by molar-refractivity contribution is 0.0554. The molecule has 1 aliphatic rings. The van der Waals surface area contributed by atoms with Crippen molar-refractivity contribution in [2.24, 2.45) is 11.7 Å². The summed E-state index contributed by atoms with van der Waals surface area (Å²) < 4.78 is 13.9. The number of carbonyl (C=O) groups is 1. The van der Waals surface area contributed by atoms with Gasteiger partial charge in [0.15, 0.2) is 0 Å². The lowest BCUT2D eigenvalue weighted by Crippen LogP contribution is -2.49. The van der Waals surface area contributed by atoms with Crippen LogP contribution in [0.25, 0.3) is 0 Å². The molecule has 0 bridgehead atoms. The Balaban J connectivity index is 2.24. The minimum Gasteiger partial charge on any atom is -0.334 e. The summed E-state index contributed by atoms with van der Waals surface area (Å²) in [7, 11) is 0. The van der Waals surface area contributed by atoms with E-state index in [1.54, 1.807) is 4.90 Å². The van der Waals surface area contributed by atoms with Crippen LogP contribution in [0.2, 0.25) is 5.02 Å². The summed E-state index contributed by atoms with van der Waals surface area (Å²) >= 11 is 5.97. The van der Waals surface area contributed by atoms with Gasteiger partial charge in [-0.05, 0) is 30.9 Å². The zero-order valence-electron chi connectivity index (χ0n) is 11.6. The summed E-state index contributed by atoms with van der Waals surface area (Å²) in [5.74, 6) is -0.335. The van der Waals surface area contributed by atoms with Crippen LogP contribution in [-0.4, -0.2) is 29.9 Å². The number of nitrogens with two attached hydrogens (primary N) is 1. The van der Waals surface area contributed by atoms with Gasteiger partial charge in [-0.1, -0.05) is 31.0 Å². The molecular weight excluding hydrogens is 279 g/mol. The van der Waals surface area contributed by atoms with Crippen LogP contribution in [0.1, 0.15) is 36.5 Å². The molecule has 0 saturated carbocycles. The fraction of sp³-hybridized carbons (Fsp3) is 0.533. The average Bonchev–Trinajstić information content (AvgIpc) is 2.46. The van der Waals surface area contributed by atoms with E-state index in [0.717, 1.165) is 19.3 Å². The van der Waals surface area contributed by atoms with Crippen molar-refractivity contribution in [3.63, 3.8) is 0 Å². The minimum atomic E-state index is -0.573. The molecule has 0 radical (unpaired) electrons. The first-order chi connectivity index (χ1) is 9.58. The summed E-state index contributed by atoms with van der Waals surface area (Å²) in [6, 6.07) is 4.26. The molecule has 3 nitrogen and oxygen atoms in total. The molecule has 1 saturated heterocycles. The van der Waals surface area contributed by atoms with Crippen molar-refractivity contribution in [3.8, 4) is 0 Å². The zero-order chi connectivity index (χ0) is 14.7. The van der Waals surface area contributed by atoms with Crippen molar-refractivity contribution in [1.29, 1.82) is 0 Å². The molecule has 110 valence electrons. The normalized spacial score (nSPS) is 22.9. The van der Waals surface area contributed by atoms with Crippen LogP contribution in [0.4, 0.5) is 4.39 Å². The molecule has 0 spiro atoms. The highest BCUT2D eigenvalue weighted by molar-refractivity contribution is 6.33. The van der Waals surface area contributed by atoms with E-state index in [2.05, 4.69) is 6.92 Å². The molecule has 1 aromatic rings. The van der Waals surface area contributed by atoms with Gasteiger partial charge in [0.05, 0.1) is 10.6 Å². The van der Waals surface area contributed by atoms with Crippen LogP contribution in [0.5, 0.6) is 0 Å². The second kappa shape index (κ2) is 6.55. The van der Waals surface area contributed by atoms with Gasteiger partial charge in [0.25, 0.3) is 5.91 Å². The number of carbonyl (C=O) groups excluding carboxylic acids is 1. The standard InChI is InChI=1S/C15H20ClFN2O/c1-2-10-6-7-19(11(8-10)9-18)15(20)14-12(16)4-3-5-13(14)17/h3-5,10-11H,2,6-9,18H2,1H3. The van der Waals surface area contributed by atoms with Crippen LogP contribution < -0.4 is 5.73 Å². The fourth-order valence-electron chi connectivity index (χ4n) is 2.84. The van der Waals surface area contributed by atoms with Crippen molar-refractivity contribution >= 4 is 17.5 Å². The minimum absolute atomic E-state index is 0.0307. The highest BCUT2D eigenvalue weighted by Crippen LogP contribution is 2.28. The highest BCUT2D eigenvalue weighted by atomic mass is 35.5. The Morgan fingerprint density at radius 1 is 1.55 bits per heavy atom. The third-order valence-electron chi connectivity index (χ3n) is 4.11. The Morgan fingerprint density at radius 3 is 2.90 bits per heavy atom. The van der Waals surface area contributed by atoms with Gasteiger partial charge in [-0.15, -0.1) is 0 Å². The van der Waals surface area contributed by atoms with E-state index in [-0.39, 0.29) is 22.5 Å². The van der Waals surface area contributed by atoms with Crippen molar-refractivity contribution in [1.82, 2.24) is 4.90 Å². The van der Waals surface area contributed by atoms with E-state index in [0.29, 0.717) is 19.0 Å². The van der Waals surface area contributed by atoms with Crippen LogP contribution in [-0.2, 0) is 0 Å². The second-order valence-electron chi connectivity index (χ2n) is 5.28.